The zero-order chi connectivity index (χ0) is 14.7. The number of hydrogen-bond donors (Lipinski definition) is 2. The molecule has 1 aromatic carbocycles. The van der Waals surface area contributed by atoms with Crippen LogP contribution in [-0.2, 0) is 16.6 Å². The summed E-state index contributed by atoms with van der Waals surface area (Å²) in [5, 5.41) is 10.6. The molecule has 1 aromatic heterocycles. The van der Waals surface area contributed by atoms with Crippen LogP contribution in [0.15, 0.2) is 41.6 Å². The third-order valence-corrected chi connectivity index (χ3v) is 4.46. The van der Waals surface area contributed by atoms with Crippen molar-refractivity contribution < 1.29 is 8.42 Å². The highest BCUT2D eigenvalue weighted by molar-refractivity contribution is 7.92. The van der Waals surface area contributed by atoms with Gasteiger partial charge in [-0.3, -0.25) is 0 Å². The lowest BCUT2D eigenvalue weighted by Gasteiger charge is -2.07. The highest BCUT2D eigenvalue weighted by Crippen LogP contribution is 2.19. The van der Waals surface area contributed by atoms with Crippen LogP contribution >= 0.6 is 0 Å². The van der Waals surface area contributed by atoms with E-state index in [0.29, 0.717) is 6.04 Å². The zero-order valence-electron chi connectivity index (χ0n) is 11.2. The van der Waals surface area contributed by atoms with Gasteiger partial charge in [-0.25, -0.2) is 18.1 Å². The molecule has 8 heteroatoms. The van der Waals surface area contributed by atoms with E-state index in [-0.39, 0.29) is 10.8 Å². The second-order valence-corrected chi connectivity index (χ2v) is 6.55. The van der Waals surface area contributed by atoms with Crippen LogP contribution in [0, 0.1) is 0 Å². The summed E-state index contributed by atoms with van der Waals surface area (Å²) in [5.41, 5.74) is 1.05. The van der Waals surface area contributed by atoms with Crippen LogP contribution in [0.1, 0.15) is 18.4 Å². The van der Waals surface area contributed by atoms with E-state index in [1.165, 1.54) is 25.2 Å². The van der Waals surface area contributed by atoms with Crippen LogP contribution in [0.3, 0.4) is 0 Å². The van der Waals surface area contributed by atoms with Gasteiger partial charge in [0.05, 0.1) is 17.3 Å². The maximum Gasteiger partial charge on any atom is 0.264 e. The first kappa shape index (κ1) is 13.9. The Labute approximate surface area is 122 Å². The highest BCUT2D eigenvalue weighted by Gasteiger charge is 2.20. The molecule has 0 spiro atoms. The number of nitrogens with one attached hydrogen (secondary N) is 2. The van der Waals surface area contributed by atoms with Gasteiger partial charge in [-0.2, -0.15) is 5.10 Å². The molecule has 1 fully saturated rings. The van der Waals surface area contributed by atoms with Gasteiger partial charge in [0.15, 0.2) is 0 Å². The Morgan fingerprint density at radius 1 is 1.14 bits per heavy atom. The SMILES string of the molecule is O=S(=O)(Nc1nccnn1)c1ccc(CNC2CC2)cc1. The van der Waals surface area contributed by atoms with Crippen molar-refractivity contribution in [1.82, 2.24) is 20.5 Å². The van der Waals surface area contributed by atoms with Gasteiger partial charge in [0, 0.05) is 12.6 Å². The van der Waals surface area contributed by atoms with E-state index in [2.05, 4.69) is 25.2 Å². The molecular formula is C13H15N5O2S. The van der Waals surface area contributed by atoms with Crippen molar-refractivity contribution in [3.8, 4) is 0 Å². The molecule has 110 valence electrons. The van der Waals surface area contributed by atoms with E-state index in [4.69, 9.17) is 0 Å². The fourth-order valence-electron chi connectivity index (χ4n) is 1.81. The molecule has 0 unspecified atom stereocenters. The average molecular weight is 305 g/mol. The third-order valence-electron chi connectivity index (χ3n) is 3.11. The number of rotatable bonds is 6. The summed E-state index contributed by atoms with van der Waals surface area (Å²) in [6.45, 7) is 0.754. The van der Waals surface area contributed by atoms with Gasteiger partial charge < -0.3 is 5.32 Å². The van der Waals surface area contributed by atoms with Gasteiger partial charge in [0.25, 0.3) is 16.0 Å². The van der Waals surface area contributed by atoms with Crippen LogP contribution in [0.4, 0.5) is 5.95 Å². The Bertz CT molecular complexity index is 699. The summed E-state index contributed by atoms with van der Waals surface area (Å²) in [5.74, 6) is -0.0445. The van der Waals surface area contributed by atoms with Gasteiger partial charge in [-0.15, -0.1) is 5.10 Å². The largest absolute Gasteiger partial charge is 0.310 e. The van der Waals surface area contributed by atoms with Crippen molar-refractivity contribution >= 4 is 16.0 Å². The van der Waals surface area contributed by atoms with Gasteiger partial charge in [-0.1, -0.05) is 12.1 Å². The topological polar surface area (TPSA) is 96.9 Å². The van der Waals surface area contributed by atoms with E-state index in [9.17, 15) is 8.42 Å². The van der Waals surface area contributed by atoms with E-state index >= 15 is 0 Å². The van der Waals surface area contributed by atoms with Crippen molar-refractivity contribution in [2.45, 2.75) is 30.3 Å². The maximum absolute atomic E-state index is 12.2. The predicted octanol–water partition coefficient (Wildman–Crippen LogP) is 0.924. The van der Waals surface area contributed by atoms with Crippen LogP contribution in [-0.4, -0.2) is 29.6 Å². The van der Waals surface area contributed by atoms with E-state index in [1.807, 2.05) is 0 Å². The molecule has 0 aliphatic heterocycles. The van der Waals surface area contributed by atoms with Crippen molar-refractivity contribution in [1.29, 1.82) is 0 Å². The number of benzene rings is 1. The summed E-state index contributed by atoms with van der Waals surface area (Å²) in [6, 6.07) is 7.37. The normalized spacial score (nSPS) is 14.9. The van der Waals surface area contributed by atoms with Crippen LogP contribution in [0.2, 0.25) is 0 Å². The Morgan fingerprint density at radius 2 is 1.90 bits per heavy atom. The van der Waals surface area contributed by atoms with Crippen molar-refractivity contribution in [3.05, 3.63) is 42.2 Å². The fraction of sp³-hybridized carbons (Fsp3) is 0.308. The van der Waals surface area contributed by atoms with Gasteiger partial charge >= 0.3 is 0 Å². The molecule has 0 radical (unpaired) electrons. The minimum absolute atomic E-state index is 0.0445. The number of hydrogen-bond acceptors (Lipinski definition) is 6. The molecule has 0 saturated heterocycles. The maximum atomic E-state index is 12.2. The zero-order valence-corrected chi connectivity index (χ0v) is 12.0. The van der Waals surface area contributed by atoms with Gasteiger partial charge in [0.1, 0.15) is 0 Å². The Hall–Kier alpha value is -2.06. The summed E-state index contributed by atoms with van der Waals surface area (Å²) in [4.78, 5) is 3.96. The van der Waals surface area contributed by atoms with Crippen molar-refractivity contribution in [3.63, 3.8) is 0 Å². The van der Waals surface area contributed by atoms with E-state index in [0.717, 1.165) is 12.1 Å². The molecule has 0 bridgehead atoms. The summed E-state index contributed by atoms with van der Waals surface area (Å²) < 4.78 is 26.6. The summed E-state index contributed by atoms with van der Waals surface area (Å²) >= 11 is 0. The molecule has 2 N–H and O–H groups in total. The molecule has 2 aromatic rings. The second kappa shape index (κ2) is 5.74. The first-order chi connectivity index (χ1) is 10.1. The van der Waals surface area contributed by atoms with E-state index < -0.39 is 10.0 Å². The first-order valence-corrected chi connectivity index (χ1v) is 8.11. The molecule has 1 aliphatic rings. The molecule has 7 nitrogen and oxygen atoms in total. The molecule has 1 heterocycles. The smallest absolute Gasteiger partial charge is 0.264 e. The fourth-order valence-corrected chi connectivity index (χ4v) is 2.76. The Kier molecular flexibility index (Phi) is 3.80. The van der Waals surface area contributed by atoms with Crippen LogP contribution in [0.25, 0.3) is 0 Å². The monoisotopic (exact) mass is 305 g/mol. The van der Waals surface area contributed by atoms with Crippen LogP contribution in [0.5, 0.6) is 0 Å². The first-order valence-electron chi connectivity index (χ1n) is 6.62. The molecular weight excluding hydrogens is 290 g/mol. The summed E-state index contributed by atoms with van der Waals surface area (Å²) in [6.07, 6.45) is 5.19. The second-order valence-electron chi connectivity index (χ2n) is 4.87. The molecule has 0 atom stereocenters. The molecule has 1 saturated carbocycles. The Balaban J connectivity index is 1.69. The van der Waals surface area contributed by atoms with Crippen molar-refractivity contribution in [2.24, 2.45) is 0 Å². The van der Waals surface area contributed by atoms with Crippen molar-refractivity contribution in [2.75, 3.05) is 4.72 Å². The minimum atomic E-state index is -3.68. The average Bonchev–Trinajstić information content (AvgIpc) is 3.30. The number of anilines is 1. The number of sulfonamides is 1. The predicted molar refractivity (Wildman–Crippen MR) is 76.9 cm³/mol. The highest BCUT2D eigenvalue weighted by atomic mass is 32.2. The lowest BCUT2D eigenvalue weighted by atomic mass is 10.2. The lowest BCUT2D eigenvalue weighted by Crippen LogP contribution is -2.17. The minimum Gasteiger partial charge on any atom is -0.310 e. The molecule has 3 rings (SSSR count). The van der Waals surface area contributed by atoms with Crippen LogP contribution < -0.4 is 10.0 Å². The third kappa shape index (κ3) is 3.73. The quantitative estimate of drug-likeness (QED) is 0.824. The summed E-state index contributed by atoms with van der Waals surface area (Å²) in [7, 11) is -3.68. The van der Waals surface area contributed by atoms with E-state index in [1.54, 1.807) is 24.3 Å². The Morgan fingerprint density at radius 3 is 2.52 bits per heavy atom. The number of nitrogens with zero attached hydrogens (tertiary/aromatic N) is 3. The standard InChI is InChI=1S/C13H15N5O2S/c19-21(20,18-13-14-7-8-16-17-13)12-5-1-10(2-6-12)9-15-11-3-4-11/h1-2,5-8,11,15H,3-4,9H2,(H,14,17,18). The van der Waals surface area contributed by atoms with Gasteiger partial charge in [-0.05, 0) is 30.5 Å². The molecule has 1 aliphatic carbocycles. The molecule has 21 heavy (non-hydrogen) atoms. The molecule has 0 amide bonds. The lowest BCUT2D eigenvalue weighted by molar-refractivity contribution is 0.600. The van der Waals surface area contributed by atoms with Gasteiger partial charge in [0.2, 0.25) is 0 Å². The number of aromatic nitrogens is 3.